The monoisotopic (exact) mass is 289 g/mol. The number of rotatable bonds is 5. The molecule has 1 aliphatic heterocycles. The number of nitrogens with zero attached hydrogens (tertiary/aromatic N) is 6. The number of fused-ring (bicyclic) bond motifs is 1. The zero-order valence-electron chi connectivity index (χ0n) is 12.3. The van der Waals surface area contributed by atoms with Crippen LogP contribution in [0.2, 0.25) is 0 Å². The lowest BCUT2D eigenvalue weighted by molar-refractivity contribution is 0.378. The summed E-state index contributed by atoms with van der Waals surface area (Å²) >= 11 is 0. The third-order valence-electron chi connectivity index (χ3n) is 3.35. The molecule has 0 radical (unpaired) electrons. The lowest BCUT2D eigenvalue weighted by Gasteiger charge is -2.27. The molecule has 3 heterocycles. The van der Waals surface area contributed by atoms with Crippen LogP contribution in [0, 0.1) is 0 Å². The Balaban J connectivity index is 1.84. The highest BCUT2D eigenvalue weighted by Gasteiger charge is 2.20. The molecule has 0 bridgehead atoms. The van der Waals surface area contributed by atoms with E-state index in [-0.39, 0.29) is 0 Å². The average Bonchev–Trinajstić information content (AvgIpc) is 3.00. The van der Waals surface area contributed by atoms with Crippen LogP contribution >= 0.6 is 0 Å². The number of anilines is 2. The highest BCUT2D eigenvalue weighted by Crippen LogP contribution is 2.19. The van der Waals surface area contributed by atoms with Crippen LogP contribution in [0.1, 0.15) is 19.2 Å². The summed E-state index contributed by atoms with van der Waals surface area (Å²) in [5, 5.41) is 3.17. The quantitative estimate of drug-likeness (QED) is 0.876. The van der Waals surface area contributed by atoms with Crippen LogP contribution in [0.5, 0.6) is 6.01 Å². The van der Waals surface area contributed by atoms with Gasteiger partial charge in [-0.05, 0) is 6.42 Å². The summed E-state index contributed by atoms with van der Waals surface area (Å²) in [5.74, 6) is 2.19. The van der Waals surface area contributed by atoms with Gasteiger partial charge in [0, 0.05) is 32.0 Å². The van der Waals surface area contributed by atoms with E-state index in [0.717, 1.165) is 31.9 Å². The summed E-state index contributed by atoms with van der Waals surface area (Å²) in [7, 11) is 1.56. The summed E-state index contributed by atoms with van der Waals surface area (Å²) < 4.78 is 7.32. The number of ether oxygens (including phenoxy) is 1. The molecule has 0 aliphatic carbocycles. The zero-order chi connectivity index (χ0) is 14.7. The topological polar surface area (TPSA) is 81.0 Å². The van der Waals surface area contributed by atoms with Crippen LogP contribution in [0.4, 0.5) is 11.9 Å². The van der Waals surface area contributed by atoms with Gasteiger partial charge in [0.15, 0.2) is 0 Å². The molecule has 8 heteroatoms. The third kappa shape index (κ3) is 2.88. The standard InChI is InChI=1S/C13H19N7O/c1-3-4-15-11-16-12(18-13(17-11)21-2)20-8-7-19-6-5-14-10(19)9-20/h5-6H,3-4,7-9H2,1-2H3,(H,15,16,17,18). The van der Waals surface area contributed by atoms with Gasteiger partial charge in [-0.15, -0.1) is 0 Å². The van der Waals surface area contributed by atoms with Crippen molar-refractivity contribution >= 4 is 11.9 Å². The Morgan fingerprint density at radius 2 is 2.19 bits per heavy atom. The maximum atomic E-state index is 5.17. The molecule has 0 unspecified atom stereocenters. The molecule has 0 fully saturated rings. The summed E-state index contributed by atoms with van der Waals surface area (Å²) in [6, 6.07) is 0.326. The van der Waals surface area contributed by atoms with Crippen LogP contribution < -0.4 is 15.0 Å². The number of hydrogen-bond donors (Lipinski definition) is 1. The van der Waals surface area contributed by atoms with Crippen LogP contribution in [-0.4, -0.2) is 44.7 Å². The summed E-state index contributed by atoms with van der Waals surface area (Å²) in [4.78, 5) is 19.5. The minimum atomic E-state index is 0.326. The molecular weight excluding hydrogens is 270 g/mol. The van der Waals surface area contributed by atoms with Gasteiger partial charge < -0.3 is 19.5 Å². The van der Waals surface area contributed by atoms with Crippen molar-refractivity contribution in [1.29, 1.82) is 0 Å². The predicted octanol–water partition coefficient (Wildman–Crippen LogP) is 0.919. The number of aromatic nitrogens is 5. The van der Waals surface area contributed by atoms with Crippen LogP contribution in [0.3, 0.4) is 0 Å². The van der Waals surface area contributed by atoms with E-state index in [4.69, 9.17) is 4.74 Å². The Morgan fingerprint density at radius 1 is 1.29 bits per heavy atom. The van der Waals surface area contributed by atoms with Gasteiger partial charge in [0.1, 0.15) is 5.82 Å². The molecule has 21 heavy (non-hydrogen) atoms. The van der Waals surface area contributed by atoms with Crippen molar-refractivity contribution in [2.75, 3.05) is 30.4 Å². The van der Waals surface area contributed by atoms with E-state index in [1.165, 1.54) is 0 Å². The molecule has 8 nitrogen and oxygen atoms in total. The van der Waals surface area contributed by atoms with Gasteiger partial charge >= 0.3 is 6.01 Å². The summed E-state index contributed by atoms with van der Waals surface area (Å²) in [6.07, 6.45) is 4.82. The van der Waals surface area contributed by atoms with Crippen LogP contribution in [0.15, 0.2) is 12.4 Å². The fourth-order valence-electron chi connectivity index (χ4n) is 2.24. The Labute approximate surface area is 123 Å². The van der Waals surface area contributed by atoms with Crippen LogP contribution in [0.25, 0.3) is 0 Å². The second kappa shape index (κ2) is 5.94. The molecule has 0 atom stereocenters. The summed E-state index contributed by atoms with van der Waals surface area (Å²) in [5.41, 5.74) is 0. The lowest BCUT2D eigenvalue weighted by Crippen LogP contribution is -2.35. The minimum absolute atomic E-state index is 0.326. The maximum Gasteiger partial charge on any atom is 0.322 e. The molecule has 0 aromatic carbocycles. The predicted molar refractivity (Wildman–Crippen MR) is 78.4 cm³/mol. The highest BCUT2D eigenvalue weighted by atomic mass is 16.5. The molecule has 1 N–H and O–H groups in total. The van der Waals surface area contributed by atoms with Crippen molar-refractivity contribution in [1.82, 2.24) is 24.5 Å². The van der Waals surface area contributed by atoms with Gasteiger partial charge in [-0.2, -0.15) is 15.0 Å². The zero-order valence-corrected chi connectivity index (χ0v) is 12.3. The lowest BCUT2D eigenvalue weighted by atomic mass is 10.4. The number of imidazole rings is 1. The average molecular weight is 289 g/mol. The van der Waals surface area contributed by atoms with Gasteiger partial charge in [-0.1, -0.05) is 6.92 Å². The van der Waals surface area contributed by atoms with Crippen molar-refractivity contribution in [3.63, 3.8) is 0 Å². The van der Waals surface area contributed by atoms with Gasteiger partial charge in [-0.25, -0.2) is 4.98 Å². The number of nitrogens with one attached hydrogen (secondary N) is 1. The van der Waals surface area contributed by atoms with E-state index >= 15 is 0 Å². The molecule has 0 saturated heterocycles. The second-order valence-electron chi connectivity index (χ2n) is 4.83. The first kappa shape index (κ1) is 13.6. The van der Waals surface area contributed by atoms with Gasteiger partial charge in [0.2, 0.25) is 11.9 Å². The summed E-state index contributed by atoms with van der Waals surface area (Å²) in [6.45, 7) is 5.31. The first-order valence-corrected chi connectivity index (χ1v) is 7.09. The van der Waals surface area contributed by atoms with E-state index in [1.54, 1.807) is 7.11 Å². The van der Waals surface area contributed by atoms with Gasteiger partial charge in [0.05, 0.1) is 13.7 Å². The maximum absolute atomic E-state index is 5.17. The first-order valence-electron chi connectivity index (χ1n) is 7.09. The molecule has 2 aromatic heterocycles. The largest absolute Gasteiger partial charge is 0.467 e. The number of hydrogen-bond acceptors (Lipinski definition) is 7. The van der Waals surface area contributed by atoms with E-state index in [0.29, 0.717) is 24.5 Å². The van der Waals surface area contributed by atoms with Crippen molar-refractivity contribution < 1.29 is 4.74 Å². The SMILES string of the molecule is CCCNc1nc(OC)nc(N2CCn3ccnc3C2)n1. The second-order valence-corrected chi connectivity index (χ2v) is 4.83. The highest BCUT2D eigenvalue weighted by molar-refractivity contribution is 5.39. The normalized spacial score (nSPS) is 13.9. The molecule has 112 valence electrons. The molecule has 0 amide bonds. The van der Waals surface area contributed by atoms with Crippen molar-refractivity contribution in [2.45, 2.75) is 26.4 Å². The van der Waals surface area contributed by atoms with Crippen LogP contribution in [-0.2, 0) is 13.1 Å². The Kier molecular flexibility index (Phi) is 3.85. The smallest absolute Gasteiger partial charge is 0.322 e. The number of methoxy groups -OCH3 is 1. The molecule has 2 aromatic rings. The van der Waals surface area contributed by atoms with E-state index < -0.39 is 0 Å². The van der Waals surface area contributed by atoms with Crippen molar-refractivity contribution in [2.24, 2.45) is 0 Å². The molecular formula is C13H19N7O. The molecule has 1 aliphatic rings. The van der Waals surface area contributed by atoms with Crippen molar-refractivity contribution in [3.8, 4) is 6.01 Å². The van der Waals surface area contributed by atoms with Gasteiger partial charge in [0.25, 0.3) is 0 Å². The van der Waals surface area contributed by atoms with E-state index in [9.17, 15) is 0 Å². The fraction of sp³-hybridized carbons (Fsp3) is 0.538. The molecule has 3 rings (SSSR count). The third-order valence-corrected chi connectivity index (χ3v) is 3.35. The van der Waals surface area contributed by atoms with Crippen molar-refractivity contribution in [3.05, 3.63) is 18.2 Å². The fourth-order valence-corrected chi connectivity index (χ4v) is 2.24. The molecule has 0 spiro atoms. The Morgan fingerprint density at radius 3 is 3.00 bits per heavy atom. The van der Waals surface area contributed by atoms with E-state index in [1.807, 2.05) is 12.4 Å². The van der Waals surface area contributed by atoms with E-state index in [2.05, 4.69) is 41.6 Å². The first-order chi connectivity index (χ1) is 10.3. The Hall–Kier alpha value is -2.38. The van der Waals surface area contributed by atoms with Gasteiger partial charge in [-0.3, -0.25) is 0 Å². The minimum Gasteiger partial charge on any atom is -0.467 e. The molecule has 0 saturated carbocycles. The Bertz CT molecular complexity index is 612.